The van der Waals surface area contributed by atoms with Crippen molar-refractivity contribution in [3.8, 4) is 5.75 Å². The molecule has 4 aromatic rings. The molecule has 0 N–H and O–H groups in total. The average molecular weight is 440 g/mol. The minimum Gasteiger partial charge on any atom is -0.494 e. The summed E-state index contributed by atoms with van der Waals surface area (Å²) in [5, 5.41) is 4.82. The molecule has 0 spiro atoms. The summed E-state index contributed by atoms with van der Waals surface area (Å²) in [5.41, 5.74) is 1.06. The molecule has 8 heteroatoms. The van der Waals surface area contributed by atoms with Crippen molar-refractivity contribution in [1.82, 2.24) is 14.6 Å². The Balaban J connectivity index is 1.68. The second-order valence-corrected chi connectivity index (χ2v) is 8.08. The lowest BCUT2D eigenvalue weighted by Crippen LogP contribution is -2.28. The first-order valence-electron chi connectivity index (χ1n) is 9.46. The molecule has 0 atom stereocenters. The predicted octanol–water partition coefficient (Wildman–Crippen LogP) is 3.09. The second kappa shape index (κ2) is 8.77. The van der Waals surface area contributed by atoms with Crippen molar-refractivity contribution >= 4 is 34.0 Å². The van der Waals surface area contributed by atoms with E-state index < -0.39 is 5.56 Å². The molecule has 2 heterocycles. The Bertz CT molecular complexity index is 1360. The van der Waals surface area contributed by atoms with Gasteiger partial charge in [0.2, 0.25) is 4.96 Å². The highest BCUT2D eigenvalue weighted by Crippen LogP contribution is 2.16. The number of hydrogen-bond donors (Lipinski definition) is 0. The molecule has 0 saturated heterocycles. The summed E-state index contributed by atoms with van der Waals surface area (Å²) in [7, 11) is 0. The minimum absolute atomic E-state index is 0.217. The van der Waals surface area contributed by atoms with E-state index in [0.29, 0.717) is 16.2 Å². The van der Waals surface area contributed by atoms with Crippen LogP contribution in [0.5, 0.6) is 5.75 Å². The highest BCUT2D eigenvalue weighted by molar-refractivity contribution is 7.15. The van der Waals surface area contributed by atoms with E-state index in [1.807, 2.05) is 49.4 Å². The van der Waals surface area contributed by atoms with Crippen molar-refractivity contribution in [2.24, 2.45) is 0 Å². The van der Waals surface area contributed by atoms with Crippen LogP contribution in [0, 0.1) is 0 Å². The fourth-order valence-electron chi connectivity index (χ4n) is 2.90. The predicted molar refractivity (Wildman–Crippen MR) is 119 cm³/mol. The Morgan fingerprint density at radius 1 is 1.13 bits per heavy atom. The van der Waals surface area contributed by atoms with E-state index in [-0.39, 0.29) is 22.6 Å². The lowest BCUT2D eigenvalue weighted by molar-refractivity contribution is 0.317. The molecule has 0 aliphatic rings. The minimum atomic E-state index is -0.438. The summed E-state index contributed by atoms with van der Waals surface area (Å²) in [6, 6.07) is 14.7. The molecule has 2 aromatic carbocycles. The highest BCUT2D eigenvalue weighted by Gasteiger charge is 2.12. The Hall–Kier alpha value is -3.03. The van der Waals surface area contributed by atoms with Gasteiger partial charge in [-0.2, -0.15) is 14.6 Å². The maximum Gasteiger partial charge on any atom is 0.296 e. The lowest BCUT2D eigenvalue weighted by Gasteiger charge is -2.05. The normalized spacial score (nSPS) is 11.9. The first-order chi connectivity index (χ1) is 14.5. The van der Waals surface area contributed by atoms with Crippen molar-refractivity contribution < 1.29 is 4.74 Å². The average Bonchev–Trinajstić information content (AvgIpc) is 3.04. The van der Waals surface area contributed by atoms with E-state index in [9.17, 15) is 9.59 Å². The zero-order valence-corrected chi connectivity index (χ0v) is 17.7. The fraction of sp³-hybridized carbons (Fsp3) is 0.182. The first-order valence-corrected chi connectivity index (χ1v) is 10.7. The van der Waals surface area contributed by atoms with Gasteiger partial charge >= 0.3 is 0 Å². The third-order valence-electron chi connectivity index (χ3n) is 4.41. The van der Waals surface area contributed by atoms with Crippen molar-refractivity contribution in [2.75, 3.05) is 6.61 Å². The van der Waals surface area contributed by atoms with E-state index in [4.69, 9.17) is 16.3 Å². The van der Waals surface area contributed by atoms with Crippen molar-refractivity contribution in [1.29, 1.82) is 0 Å². The quantitative estimate of drug-likeness (QED) is 0.461. The standard InChI is InChI=1S/C22H18ClN3O3S/c1-2-11-29-16-9-7-14(8-10-16)12-18-20(27)24-22-26(25-18)21(28)19(30-22)13-15-5-3-4-6-17(15)23/h3-10,13H,2,11-12H2,1H3/b19-13-. The summed E-state index contributed by atoms with van der Waals surface area (Å²) in [5.74, 6) is 0.776. The van der Waals surface area contributed by atoms with Gasteiger partial charge in [-0.05, 0) is 41.8 Å². The number of halogens is 1. The molecule has 0 bridgehead atoms. The topological polar surface area (TPSA) is 73.6 Å². The van der Waals surface area contributed by atoms with E-state index in [1.54, 1.807) is 12.1 Å². The van der Waals surface area contributed by atoms with Gasteiger partial charge in [0.05, 0.1) is 11.1 Å². The van der Waals surface area contributed by atoms with Crippen molar-refractivity contribution in [3.63, 3.8) is 0 Å². The molecule has 0 unspecified atom stereocenters. The van der Waals surface area contributed by atoms with Crippen LogP contribution in [-0.4, -0.2) is 21.2 Å². The van der Waals surface area contributed by atoms with Crippen LogP contribution in [0.25, 0.3) is 11.0 Å². The smallest absolute Gasteiger partial charge is 0.296 e. The van der Waals surface area contributed by atoms with Crippen LogP contribution in [0.1, 0.15) is 30.2 Å². The molecule has 0 saturated carbocycles. The molecule has 0 amide bonds. The molecular weight excluding hydrogens is 422 g/mol. The SMILES string of the molecule is CCCOc1ccc(Cc2nn3c(=O)/c(=C/c4ccccc4Cl)sc3nc2=O)cc1. The third kappa shape index (κ3) is 4.27. The van der Waals surface area contributed by atoms with Gasteiger partial charge in [0.25, 0.3) is 11.1 Å². The number of ether oxygens (including phenoxy) is 1. The molecule has 0 fully saturated rings. The number of fused-ring (bicyclic) bond motifs is 1. The Morgan fingerprint density at radius 2 is 1.90 bits per heavy atom. The molecule has 6 nitrogen and oxygen atoms in total. The van der Waals surface area contributed by atoms with Crippen molar-refractivity contribution in [2.45, 2.75) is 19.8 Å². The third-order valence-corrected chi connectivity index (χ3v) is 5.71. The van der Waals surface area contributed by atoms with Gasteiger partial charge in [-0.3, -0.25) is 9.59 Å². The number of nitrogens with zero attached hydrogens (tertiary/aromatic N) is 3. The van der Waals surface area contributed by atoms with Crippen LogP contribution in [0.15, 0.2) is 58.1 Å². The van der Waals surface area contributed by atoms with E-state index in [1.165, 1.54) is 4.52 Å². The Labute approximate surface area is 181 Å². The highest BCUT2D eigenvalue weighted by atomic mass is 35.5. The number of hydrogen-bond acceptors (Lipinski definition) is 6. The largest absolute Gasteiger partial charge is 0.494 e. The molecule has 30 heavy (non-hydrogen) atoms. The molecular formula is C22H18ClN3O3S. The molecule has 152 valence electrons. The van der Waals surface area contributed by atoms with Gasteiger partial charge in [-0.1, -0.05) is 60.2 Å². The van der Waals surface area contributed by atoms with Crippen LogP contribution < -0.4 is 20.4 Å². The summed E-state index contributed by atoms with van der Waals surface area (Å²) in [4.78, 5) is 29.5. The molecule has 0 aliphatic heterocycles. The fourth-order valence-corrected chi connectivity index (χ4v) is 3.99. The second-order valence-electron chi connectivity index (χ2n) is 6.66. The maximum absolute atomic E-state index is 12.8. The molecule has 0 radical (unpaired) electrons. The number of rotatable bonds is 6. The van der Waals surface area contributed by atoms with Crippen LogP contribution in [0.4, 0.5) is 0 Å². The number of aromatic nitrogens is 3. The van der Waals surface area contributed by atoms with Crippen LogP contribution >= 0.6 is 22.9 Å². The summed E-state index contributed by atoms with van der Waals surface area (Å²) in [6.07, 6.45) is 2.90. The molecule has 0 aliphatic carbocycles. The van der Waals surface area contributed by atoms with Gasteiger partial charge in [0.15, 0.2) is 0 Å². The van der Waals surface area contributed by atoms with Gasteiger partial charge in [-0.15, -0.1) is 0 Å². The van der Waals surface area contributed by atoms with Gasteiger partial charge in [0.1, 0.15) is 11.4 Å². The first kappa shape index (κ1) is 20.3. The molecule has 2 aromatic heterocycles. The maximum atomic E-state index is 12.8. The van der Waals surface area contributed by atoms with E-state index in [2.05, 4.69) is 10.1 Å². The van der Waals surface area contributed by atoms with Gasteiger partial charge < -0.3 is 4.74 Å². The van der Waals surface area contributed by atoms with E-state index >= 15 is 0 Å². The van der Waals surface area contributed by atoms with E-state index in [0.717, 1.165) is 34.6 Å². The Kier molecular flexibility index (Phi) is 5.92. The summed E-state index contributed by atoms with van der Waals surface area (Å²) < 4.78 is 7.17. The Morgan fingerprint density at radius 3 is 2.63 bits per heavy atom. The molecule has 4 rings (SSSR count). The monoisotopic (exact) mass is 439 g/mol. The van der Waals surface area contributed by atoms with Gasteiger partial charge in [-0.25, -0.2) is 0 Å². The number of benzene rings is 2. The van der Waals surface area contributed by atoms with Crippen LogP contribution in [0.2, 0.25) is 5.02 Å². The van der Waals surface area contributed by atoms with Crippen molar-refractivity contribution in [3.05, 3.63) is 95.6 Å². The zero-order valence-electron chi connectivity index (χ0n) is 16.2. The summed E-state index contributed by atoms with van der Waals surface area (Å²) >= 11 is 7.29. The zero-order chi connectivity index (χ0) is 21.1. The van der Waals surface area contributed by atoms with Gasteiger partial charge in [0, 0.05) is 11.4 Å². The summed E-state index contributed by atoms with van der Waals surface area (Å²) in [6.45, 7) is 2.70. The van der Waals surface area contributed by atoms with Crippen LogP contribution in [-0.2, 0) is 6.42 Å². The van der Waals surface area contributed by atoms with Crippen LogP contribution in [0.3, 0.4) is 0 Å². The lowest BCUT2D eigenvalue weighted by atomic mass is 10.1. The number of thiazole rings is 1.